The van der Waals surface area contributed by atoms with Crippen LogP contribution in [0.5, 0.6) is 0 Å². The summed E-state index contributed by atoms with van der Waals surface area (Å²) >= 11 is 1.07. The maximum absolute atomic E-state index is 13.2. The molecule has 0 saturated carbocycles. The number of carbonyl (C=O) groups excluding carboxylic acids is 4. The van der Waals surface area contributed by atoms with Gasteiger partial charge in [0.1, 0.15) is 6.04 Å². The summed E-state index contributed by atoms with van der Waals surface area (Å²) in [5, 5.41) is -0.0544. The normalized spacial score (nSPS) is 15.7. The van der Waals surface area contributed by atoms with Crippen molar-refractivity contribution < 1.29 is 23.9 Å². The molecule has 3 rings (SSSR count). The van der Waals surface area contributed by atoms with Gasteiger partial charge in [0.25, 0.3) is 5.91 Å². The van der Waals surface area contributed by atoms with Crippen molar-refractivity contribution in [1.82, 2.24) is 9.80 Å². The third kappa shape index (κ3) is 6.92. The number of thioether (sulfide) groups is 1. The zero-order chi connectivity index (χ0) is 23.6. The van der Waals surface area contributed by atoms with Gasteiger partial charge in [-0.05, 0) is 24.0 Å². The molecule has 0 aliphatic carbocycles. The zero-order valence-corrected chi connectivity index (χ0v) is 19.5. The number of hydrogen-bond acceptors (Lipinski definition) is 6. The molecule has 3 amide bonds. The molecule has 0 N–H and O–H groups in total. The maximum atomic E-state index is 13.2. The van der Waals surface area contributed by atoms with E-state index >= 15 is 0 Å². The molecule has 1 saturated heterocycles. The maximum Gasteiger partial charge on any atom is 0.328 e. The fraction of sp³-hybridized carbons (Fsp3) is 0.360. The van der Waals surface area contributed by atoms with E-state index in [1.54, 1.807) is 4.90 Å². The number of unbranched alkanes of at least 4 members (excludes halogenated alkanes) is 1. The Bertz CT molecular complexity index is 967. The molecule has 33 heavy (non-hydrogen) atoms. The summed E-state index contributed by atoms with van der Waals surface area (Å²) in [6, 6.07) is 17.8. The second kappa shape index (κ2) is 12.2. The van der Waals surface area contributed by atoms with Crippen LogP contribution in [0.25, 0.3) is 0 Å². The first kappa shape index (κ1) is 24.5. The lowest BCUT2D eigenvalue weighted by atomic mass is 10.2. The molecular formula is C25H28N2O5S. The fourth-order valence-electron chi connectivity index (χ4n) is 3.61. The van der Waals surface area contributed by atoms with Gasteiger partial charge in [-0.15, -0.1) is 0 Å². The van der Waals surface area contributed by atoms with Crippen LogP contribution in [0.1, 0.15) is 36.8 Å². The van der Waals surface area contributed by atoms with Crippen molar-refractivity contribution >= 4 is 34.8 Å². The number of imide groups is 1. The quantitative estimate of drug-likeness (QED) is 0.281. The van der Waals surface area contributed by atoms with Gasteiger partial charge in [0, 0.05) is 25.1 Å². The number of rotatable bonds is 11. The Morgan fingerprint density at radius 2 is 1.45 bits per heavy atom. The van der Waals surface area contributed by atoms with E-state index < -0.39 is 6.04 Å². The Hall–Kier alpha value is -3.13. The summed E-state index contributed by atoms with van der Waals surface area (Å²) in [6.45, 7) is 0.502. The molecule has 8 heteroatoms. The van der Waals surface area contributed by atoms with Crippen LogP contribution in [0.3, 0.4) is 0 Å². The number of amides is 3. The van der Waals surface area contributed by atoms with E-state index in [1.807, 2.05) is 60.7 Å². The molecule has 0 spiro atoms. The first-order valence-electron chi connectivity index (χ1n) is 10.9. The minimum atomic E-state index is -0.703. The molecule has 1 aliphatic rings. The first-order valence-corrected chi connectivity index (χ1v) is 11.9. The lowest BCUT2D eigenvalue weighted by Gasteiger charge is -2.21. The first-order chi connectivity index (χ1) is 16.0. The zero-order valence-electron chi connectivity index (χ0n) is 18.6. The summed E-state index contributed by atoms with van der Waals surface area (Å²) < 4.78 is 4.60. The number of methoxy groups -OCH3 is 1. The van der Waals surface area contributed by atoms with Crippen molar-refractivity contribution in [3.63, 3.8) is 0 Å². The minimum Gasteiger partial charge on any atom is -0.469 e. The highest BCUT2D eigenvalue weighted by Crippen LogP contribution is 2.26. The molecule has 1 aliphatic heterocycles. The van der Waals surface area contributed by atoms with E-state index in [0.29, 0.717) is 25.8 Å². The summed E-state index contributed by atoms with van der Waals surface area (Å²) in [4.78, 5) is 52.7. The van der Waals surface area contributed by atoms with Crippen LogP contribution in [0.2, 0.25) is 0 Å². The van der Waals surface area contributed by atoms with Crippen molar-refractivity contribution in [3.05, 3.63) is 71.8 Å². The average Bonchev–Trinajstić information content (AvgIpc) is 3.05. The van der Waals surface area contributed by atoms with Gasteiger partial charge in [-0.1, -0.05) is 72.4 Å². The van der Waals surface area contributed by atoms with E-state index in [4.69, 9.17) is 0 Å². The molecule has 0 bridgehead atoms. The minimum absolute atomic E-state index is 0.0544. The highest BCUT2D eigenvalue weighted by molar-refractivity contribution is 8.13. The number of urea groups is 1. The van der Waals surface area contributed by atoms with E-state index in [2.05, 4.69) is 4.74 Å². The Labute approximate surface area is 198 Å². The lowest BCUT2D eigenvalue weighted by Crippen LogP contribution is -2.36. The smallest absolute Gasteiger partial charge is 0.328 e. The van der Waals surface area contributed by atoms with E-state index in [0.717, 1.165) is 22.9 Å². The van der Waals surface area contributed by atoms with Crippen LogP contribution in [-0.2, 0) is 32.2 Å². The van der Waals surface area contributed by atoms with Gasteiger partial charge < -0.3 is 9.64 Å². The number of nitrogens with zero attached hydrogens (tertiary/aromatic N) is 2. The SMILES string of the molecule is COC(=O)CCCCC(=O)SC[C@H]1C(=O)N(Cc2ccccc2)C(=O)N1Cc1ccccc1. The molecule has 174 valence electrons. The summed E-state index contributed by atoms with van der Waals surface area (Å²) in [5.74, 6) is -0.371. The van der Waals surface area contributed by atoms with Gasteiger partial charge in [-0.2, -0.15) is 0 Å². The van der Waals surface area contributed by atoms with Gasteiger partial charge in [-0.3, -0.25) is 19.3 Å². The van der Waals surface area contributed by atoms with Gasteiger partial charge in [0.05, 0.1) is 13.7 Å². The molecule has 7 nitrogen and oxygen atoms in total. The largest absolute Gasteiger partial charge is 0.469 e. The lowest BCUT2D eigenvalue weighted by molar-refractivity contribution is -0.140. The second-order valence-corrected chi connectivity index (χ2v) is 8.87. The van der Waals surface area contributed by atoms with Gasteiger partial charge in [0.2, 0.25) is 0 Å². The van der Waals surface area contributed by atoms with Crippen LogP contribution in [0.15, 0.2) is 60.7 Å². The van der Waals surface area contributed by atoms with Gasteiger partial charge in [-0.25, -0.2) is 4.79 Å². The molecule has 2 aromatic rings. The van der Waals surface area contributed by atoms with Gasteiger partial charge in [0.15, 0.2) is 5.12 Å². The third-order valence-corrected chi connectivity index (χ3v) is 6.43. The van der Waals surface area contributed by atoms with Crippen molar-refractivity contribution in [1.29, 1.82) is 0 Å². The van der Waals surface area contributed by atoms with Crippen LogP contribution in [0, 0.1) is 0 Å². The average molecular weight is 469 g/mol. The second-order valence-electron chi connectivity index (χ2n) is 7.79. The van der Waals surface area contributed by atoms with Gasteiger partial charge >= 0.3 is 12.0 Å². The molecule has 1 atom stereocenters. The van der Waals surface area contributed by atoms with Crippen molar-refractivity contribution in [3.8, 4) is 0 Å². The molecule has 0 aromatic heterocycles. The Kier molecular flexibility index (Phi) is 9.06. The molecule has 0 radical (unpaired) electrons. The number of ether oxygens (including phenoxy) is 1. The number of esters is 1. The van der Waals surface area contributed by atoms with Crippen molar-refractivity contribution in [2.75, 3.05) is 12.9 Å². The monoisotopic (exact) mass is 468 g/mol. The van der Waals surface area contributed by atoms with Crippen LogP contribution in [0.4, 0.5) is 4.79 Å². The standard InChI is InChI=1S/C25H28N2O5S/c1-32-22(28)14-8-9-15-23(29)33-18-21-24(30)27(17-20-12-6-3-7-13-20)25(31)26(21)16-19-10-4-2-5-11-19/h2-7,10-13,21H,8-9,14-18H2,1H3/t21-/m0/s1. The summed E-state index contributed by atoms with van der Waals surface area (Å²) in [7, 11) is 1.34. The van der Waals surface area contributed by atoms with Crippen molar-refractivity contribution in [2.24, 2.45) is 0 Å². The number of hydrogen-bond donors (Lipinski definition) is 0. The summed E-state index contributed by atoms with van der Waals surface area (Å²) in [5.41, 5.74) is 1.79. The van der Waals surface area contributed by atoms with Crippen LogP contribution >= 0.6 is 11.8 Å². The van der Waals surface area contributed by atoms with E-state index in [1.165, 1.54) is 12.0 Å². The predicted molar refractivity (Wildman–Crippen MR) is 126 cm³/mol. The fourth-order valence-corrected chi connectivity index (χ4v) is 4.57. The molecule has 2 aromatic carbocycles. The predicted octanol–water partition coefficient (Wildman–Crippen LogP) is 4.01. The topological polar surface area (TPSA) is 84.0 Å². The number of carbonyl (C=O) groups is 4. The van der Waals surface area contributed by atoms with E-state index in [9.17, 15) is 19.2 Å². The van der Waals surface area contributed by atoms with Crippen molar-refractivity contribution in [2.45, 2.75) is 44.8 Å². The molecule has 1 fully saturated rings. The highest BCUT2D eigenvalue weighted by atomic mass is 32.2. The highest BCUT2D eigenvalue weighted by Gasteiger charge is 2.45. The molecule has 1 heterocycles. The third-order valence-electron chi connectivity index (χ3n) is 5.42. The number of benzene rings is 2. The Balaban J connectivity index is 1.64. The van der Waals surface area contributed by atoms with Crippen LogP contribution < -0.4 is 0 Å². The Morgan fingerprint density at radius 1 is 0.879 bits per heavy atom. The summed E-state index contributed by atoms with van der Waals surface area (Å²) in [6.07, 6.45) is 1.74. The Morgan fingerprint density at radius 3 is 2.06 bits per heavy atom. The van der Waals surface area contributed by atoms with Crippen LogP contribution in [-0.4, -0.2) is 51.7 Å². The molecular weight excluding hydrogens is 440 g/mol. The molecule has 0 unspecified atom stereocenters. The van der Waals surface area contributed by atoms with E-state index in [-0.39, 0.29) is 41.7 Å².